The highest BCUT2D eigenvalue weighted by Crippen LogP contribution is 2.34. The van der Waals surface area contributed by atoms with Gasteiger partial charge in [0.2, 0.25) is 12.7 Å². The Morgan fingerprint density at radius 1 is 1.10 bits per heavy atom. The van der Waals surface area contributed by atoms with Crippen molar-refractivity contribution >= 4 is 17.7 Å². The third kappa shape index (κ3) is 3.14. The van der Waals surface area contributed by atoms with Crippen molar-refractivity contribution in [2.75, 3.05) is 12.1 Å². The standard InChI is InChI=1S/C16H13NO4/c18-13-5-1-11(2-6-13)3-8-16(19)17-12-4-7-14-15(9-12)21-10-20-14/h1-9,18H,10H2,(H,17,19). The molecule has 0 bridgehead atoms. The zero-order chi connectivity index (χ0) is 14.7. The van der Waals surface area contributed by atoms with Crippen LogP contribution in [0.3, 0.4) is 0 Å². The number of hydrogen-bond acceptors (Lipinski definition) is 4. The number of carbonyl (C=O) groups is 1. The molecule has 0 aliphatic carbocycles. The lowest BCUT2D eigenvalue weighted by Gasteiger charge is -2.03. The second-order valence-electron chi connectivity index (χ2n) is 4.48. The summed E-state index contributed by atoms with van der Waals surface area (Å²) in [7, 11) is 0. The number of aromatic hydroxyl groups is 1. The van der Waals surface area contributed by atoms with Crippen LogP contribution < -0.4 is 14.8 Å². The van der Waals surface area contributed by atoms with Crippen molar-refractivity contribution in [1.29, 1.82) is 0 Å². The summed E-state index contributed by atoms with van der Waals surface area (Å²) in [6.07, 6.45) is 3.10. The number of anilines is 1. The molecule has 1 aliphatic heterocycles. The molecule has 0 spiro atoms. The van der Waals surface area contributed by atoms with Gasteiger partial charge in [-0.25, -0.2) is 0 Å². The van der Waals surface area contributed by atoms with Crippen LogP contribution >= 0.6 is 0 Å². The van der Waals surface area contributed by atoms with Gasteiger partial charge in [0.1, 0.15) is 5.75 Å². The molecule has 0 saturated carbocycles. The van der Waals surface area contributed by atoms with Gasteiger partial charge in [0, 0.05) is 17.8 Å². The number of nitrogens with one attached hydrogen (secondary N) is 1. The fourth-order valence-corrected chi connectivity index (χ4v) is 1.92. The Kier molecular flexibility index (Phi) is 3.47. The second-order valence-corrected chi connectivity index (χ2v) is 4.48. The lowest BCUT2D eigenvalue weighted by Crippen LogP contribution is -2.07. The normalized spacial score (nSPS) is 12.6. The highest BCUT2D eigenvalue weighted by molar-refractivity contribution is 6.02. The van der Waals surface area contributed by atoms with E-state index in [2.05, 4.69) is 5.32 Å². The van der Waals surface area contributed by atoms with E-state index >= 15 is 0 Å². The Hall–Kier alpha value is -2.95. The van der Waals surface area contributed by atoms with Gasteiger partial charge in [-0.3, -0.25) is 4.79 Å². The average molecular weight is 283 g/mol. The SMILES string of the molecule is O=C(C=Cc1ccc(O)cc1)Nc1ccc2c(c1)OCO2. The minimum atomic E-state index is -0.248. The molecule has 1 aliphatic rings. The van der Waals surface area contributed by atoms with E-state index in [4.69, 9.17) is 9.47 Å². The van der Waals surface area contributed by atoms with E-state index in [1.54, 1.807) is 48.5 Å². The van der Waals surface area contributed by atoms with Crippen molar-refractivity contribution in [2.45, 2.75) is 0 Å². The molecule has 0 radical (unpaired) electrons. The number of phenolic OH excluding ortho intramolecular Hbond substituents is 1. The molecule has 106 valence electrons. The first-order valence-electron chi connectivity index (χ1n) is 6.38. The summed E-state index contributed by atoms with van der Waals surface area (Å²) in [5.74, 6) is 1.24. The van der Waals surface area contributed by atoms with Crippen molar-refractivity contribution in [3.05, 3.63) is 54.1 Å². The number of phenols is 1. The first-order valence-corrected chi connectivity index (χ1v) is 6.38. The predicted molar refractivity (Wildman–Crippen MR) is 78.3 cm³/mol. The third-order valence-corrected chi connectivity index (χ3v) is 2.96. The molecule has 0 unspecified atom stereocenters. The van der Waals surface area contributed by atoms with Crippen LogP contribution in [0.25, 0.3) is 6.08 Å². The highest BCUT2D eigenvalue weighted by Gasteiger charge is 2.13. The van der Waals surface area contributed by atoms with Gasteiger partial charge in [-0.05, 0) is 35.9 Å². The first-order chi connectivity index (χ1) is 10.2. The Morgan fingerprint density at radius 2 is 1.86 bits per heavy atom. The maximum atomic E-state index is 11.8. The Bertz CT molecular complexity index is 692. The van der Waals surface area contributed by atoms with Gasteiger partial charge in [-0.2, -0.15) is 0 Å². The molecule has 5 heteroatoms. The molecule has 1 heterocycles. The van der Waals surface area contributed by atoms with E-state index < -0.39 is 0 Å². The summed E-state index contributed by atoms with van der Waals surface area (Å²) in [6, 6.07) is 11.8. The van der Waals surface area contributed by atoms with Crippen LogP contribution in [0.15, 0.2) is 48.5 Å². The van der Waals surface area contributed by atoms with E-state index in [0.717, 1.165) is 5.56 Å². The highest BCUT2D eigenvalue weighted by atomic mass is 16.7. The number of rotatable bonds is 3. The summed E-state index contributed by atoms with van der Waals surface area (Å²) < 4.78 is 10.5. The average Bonchev–Trinajstić information content (AvgIpc) is 2.94. The zero-order valence-electron chi connectivity index (χ0n) is 11.1. The summed E-state index contributed by atoms with van der Waals surface area (Å²) in [4.78, 5) is 11.8. The minimum Gasteiger partial charge on any atom is -0.508 e. The Balaban J connectivity index is 1.65. The van der Waals surface area contributed by atoms with Crippen LogP contribution in [0.2, 0.25) is 0 Å². The number of hydrogen-bond donors (Lipinski definition) is 2. The van der Waals surface area contributed by atoms with E-state index in [0.29, 0.717) is 17.2 Å². The van der Waals surface area contributed by atoms with Crippen molar-refractivity contribution in [1.82, 2.24) is 0 Å². The molecular weight excluding hydrogens is 270 g/mol. The molecule has 2 aromatic carbocycles. The number of ether oxygens (including phenoxy) is 2. The number of amides is 1. The van der Waals surface area contributed by atoms with E-state index in [9.17, 15) is 9.90 Å². The van der Waals surface area contributed by atoms with Gasteiger partial charge in [0.25, 0.3) is 0 Å². The largest absolute Gasteiger partial charge is 0.508 e. The molecule has 1 amide bonds. The molecule has 3 rings (SSSR count). The van der Waals surface area contributed by atoms with E-state index in [-0.39, 0.29) is 18.4 Å². The fraction of sp³-hybridized carbons (Fsp3) is 0.0625. The zero-order valence-corrected chi connectivity index (χ0v) is 11.1. The maximum Gasteiger partial charge on any atom is 0.248 e. The Morgan fingerprint density at radius 3 is 2.67 bits per heavy atom. The Labute approximate surface area is 121 Å². The van der Waals surface area contributed by atoms with Gasteiger partial charge in [0.15, 0.2) is 11.5 Å². The molecule has 0 atom stereocenters. The van der Waals surface area contributed by atoms with Crippen molar-refractivity contribution in [3.8, 4) is 17.2 Å². The van der Waals surface area contributed by atoms with Gasteiger partial charge in [-0.15, -0.1) is 0 Å². The van der Waals surface area contributed by atoms with Crippen LogP contribution in [0.1, 0.15) is 5.56 Å². The van der Waals surface area contributed by atoms with Crippen LogP contribution in [0, 0.1) is 0 Å². The van der Waals surface area contributed by atoms with Crippen LogP contribution in [0.4, 0.5) is 5.69 Å². The lowest BCUT2D eigenvalue weighted by molar-refractivity contribution is -0.111. The summed E-state index contributed by atoms with van der Waals surface area (Å²) in [5, 5.41) is 11.9. The predicted octanol–water partition coefficient (Wildman–Crippen LogP) is 2.77. The lowest BCUT2D eigenvalue weighted by atomic mass is 10.2. The van der Waals surface area contributed by atoms with Crippen LogP contribution in [-0.2, 0) is 4.79 Å². The van der Waals surface area contributed by atoms with Gasteiger partial charge >= 0.3 is 0 Å². The number of fused-ring (bicyclic) bond motifs is 1. The maximum absolute atomic E-state index is 11.8. The van der Waals surface area contributed by atoms with Crippen molar-refractivity contribution < 1.29 is 19.4 Å². The molecule has 0 saturated heterocycles. The van der Waals surface area contributed by atoms with Gasteiger partial charge in [-0.1, -0.05) is 12.1 Å². The molecule has 21 heavy (non-hydrogen) atoms. The third-order valence-electron chi connectivity index (χ3n) is 2.96. The molecule has 5 nitrogen and oxygen atoms in total. The van der Waals surface area contributed by atoms with E-state index in [1.807, 2.05) is 0 Å². The smallest absolute Gasteiger partial charge is 0.248 e. The summed E-state index contributed by atoms with van der Waals surface area (Å²) >= 11 is 0. The summed E-state index contributed by atoms with van der Waals surface area (Å²) in [6.45, 7) is 0.202. The minimum absolute atomic E-state index is 0.192. The first kappa shape index (κ1) is 13.1. The topological polar surface area (TPSA) is 67.8 Å². The fourth-order valence-electron chi connectivity index (χ4n) is 1.92. The summed E-state index contributed by atoms with van der Waals surface area (Å²) in [5.41, 5.74) is 1.47. The van der Waals surface area contributed by atoms with Gasteiger partial charge < -0.3 is 19.9 Å². The van der Waals surface area contributed by atoms with Crippen LogP contribution in [-0.4, -0.2) is 17.8 Å². The number of benzene rings is 2. The van der Waals surface area contributed by atoms with E-state index in [1.165, 1.54) is 6.08 Å². The molecule has 0 fully saturated rings. The molecule has 2 aromatic rings. The number of carbonyl (C=O) groups excluding carboxylic acids is 1. The van der Waals surface area contributed by atoms with Crippen molar-refractivity contribution in [2.24, 2.45) is 0 Å². The second kappa shape index (κ2) is 5.58. The van der Waals surface area contributed by atoms with Crippen LogP contribution in [0.5, 0.6) is 17.2 Å². The van der Waals surface area contributed by atoms with Crippen molar-refractivity contribution in [3.63, 3.8) is 0 Å². The molecule has 0 aromatic heterocycles. The molecule has 2 N–H and O–H groups in total. The monoisotopic (exact) mass is 283 g/mol. The quantitative estimate of drug-likeness (QED) is 0.850. The van der Waals surface area contributed by atoms with Gasteiger partial charge in [0.05, 0.1) is 0 Å². The molecular formula is C16H13NO4.